The predicted molar refractivity (Wildman–Crippen MR) is 62.7 cm³/mol. The predicted octanol–water partition coefficient (Wildman–Crippen LogP) is 0.521. The van der Waals surface area contributed by atoms with Gasteiger partial charge in [0.2, 0.25) is 0 Å². The molecule has 2 rings (SSSR count). The van der Waals surface area contributed by atoms with E-state index < -0.39 is 0 Å². The van der Waals surface area contributed by atoms with Crippen LogP contribution in [0.5, 0.6) is 0 Å². The van der Waals surface area contributed by atoms with Gasteiger partial charge < -0.3 is 0 Å². The molecule has 0 amide bonds. The normalized spacial score (nSPS) is 12.2. The van der Waals surface area contributed by atoms with Gasteiger partial charge in [0.05, 0.1) is 0 Å². The number of fused-ring (bicyclic) bond motifs is 1. The summed E-state index contributed by atoms with van der Waals surface area (Å²) in [5.74, 6) is 0. The van der Waals surface area contributed by atoms with Crippen molar-refractivity contribution in [2.45, 2.75) is 0 Å². The van der Waals surface area contributed by atoms with E-state index >= 15 is 0 Å². The van der Waals surface area contributed by atoms with E-state index in [9.17, 15) is 0 Å². The van der Waals surface area contributed by atoms with Gasteiger partial charge in [-0.3, -0.25) is 0 Å². The zero-order valence-electron chi connectivity index (χ0n) is 6.23. The summed E-state index contributed by atoms with van der Waals surface area (Å²) in [6, 6.07) is 3.93. The third-order valence-corrected chi connectivity index (χ3v) is 7.78. The van der Waals surface area contributed by atoms with Crippen molar-refractivity contribution >= 4 is 108 Å². The molecule has 1 nitrogen and oxygen atoms in total. The molecule has 0 unspecified atom stereocenters. The van der Waals surface area contributed by atoms with Crippen molar-refractivity contribution in [3.63, 3.8) is 0 Å². The Kier molecular flexibility index (Phi) is 7.90. The first-order valence-corrected chi connectivity index (χ1v) is 9.67. The first-order chi connectivity index (χ1) is 5.29. The molecule has 13 heavy (non-hydrogen) atoms. The van der Waals surface area contributed by atoms with Crippen LogP contribution in [0.25, 0.3) is 0 Å². The average molecular weight is 555 g/mol. The van der Waals surface area contributed by atoms with Crippen LogP contribution in [0, 0.1) is 0 Å². The number of benzene rings is 1. The van der Waals surface area contributed by atoms with Crippen LogP contribution in [-0.4, -0.2) is 74.3 Å². The van der Waals surface area contributed by atoms with Gasteiger partial charge in [0.25, 0.3) is 0 Å². The van der Waals surface area contributed by atoms with E-state index in [-0.39, 0.29) is 47.8 Å². The van der Waals surface area contributed by atoms with Crippen molar-refractivity contribution in [3.05, 3.63) is 22.2 Å². The first-order valence-electron chi connectivity index (χ1n) is 2.86. The number of halogens is 2. The molecule has 1 aliphatic heterocycles. The number of rotatable bonds is 0. The summed E-state index contributed by atoms with van der Waals surface area (Å²) in [4.78, 5) is 0. The fraction of sp³-hybridized carbons (Fsp3) is 0. The van der Waals surface area contributed by atoms with Crippen LogP contribution in [0.3, 0.4) is 0 Å². The van der Waals surface area contributed by atoms with Gasteiger partial charge in [0.1, 0.15) is 0 Å². The minimum Gasteiger partial charge on any atom is 0 e. The quantitative estimate of drug-likeness (QED) is 0.461. The molecule has 7 heteroatoms. The van der Waals surface area contributed by atoms with Crippen LogP contribution >= 0.6 is 23.2 Å². The van der Waals surface area contributed by atoms with Crippen molar-refractivity contribution in [1.82, 2.24) is 0 Å². The van der Waals surface area contributed by atoms with Gasteiger partial charge in [-0.2, -0.15) is 0 Å². The molecule has 0 saturated carbocycles. The molecular formula is C6H3Cl2NSe2Sn2. The Balaban J connectivity index is 0.000000720. The molecule has 0 aromatic heterocycles. The molecular weight excluding hydrogens is 552 g/mol. The van der Waals surface area contributed by atoms with Crippen LogP contribution in [-0.2, 0) is 0 Å². The number of hydrogen-bond acceptors (Lipinski definition) is 1. The van der Waals surface area contributed by atoms with E-state index in [1.807, 2.05) is 6.07 Å². The second kappa shape index (κ2) is 6.74. The maximum atomic E-state index is 5.96. The van der Waals surface area contributed by atoms with Crippen LogP contribution in [0.1, 0.15) is 0 Å². The largest absolute Gasteiger partial charge is 0 e. The Morgan fingerprint density at radius 3 is 2.54 bits per heavy atom. The van der Waals surface area contributed by atoms with Gasteiger partial charge in [-0.1, -0.05) is 0 Å². The minimum absolute atomic E-state index is 0. The zero-order chi connectivity index (χ0) is 7.84. The molecule has 8 radical (unpaired) electrons. The molecule has 1 N–H and O–H groups in total. The van der Waals surface area contributed by atoms with Crippen molar-refractivity contribution in [3.8, 4) is 0 Å². The third kappa shape index (κ3) is 3.35. The molecule has 66 valence electrons. The van der Waals surface area contributed by atoms with Crippen LogP contribution < -0.4 is 8.79 Å². The third-order valence-electron chi connectivity index (χ3n) is 1.33. The molecule has 1 aromatic rings. The second-order valence-electron chi connectivity index (χ2n) is 2.00. The maximum Gasteiger partial charge on any atom is 0 e. The molecule has 1 heterocycles. The summed E-state index contributed by atoms with van der Waals surface area (Å²) in [6.45, 7) is 0. The summed E-state index contributed by atoms with van der Waals surface area (Å²) in [5.41, 5.74) is 1.07. The fourth-order valence-corrected chi connectivity index (χ4v) is 7.26. The van der Waals surface area contributed by atoms with Crippen molar-refractivity contribution < 1.29 is 0 Å². The Labute approximate surface area is 132 Å². The first kappa shape index (κ1) is 15.2. The van der Waals surface area contributed by atoms with Gasteiger partial charge in [-0.25, -0.2) is 0 Å². The number of anilines is 1. The maximum absolute atomic E-state index is 5.96. The van der Waals surface area contributed by atoms with Gasteiger partial charge >= 0.3 is 86.3 Å². The van der Waals surface area contributed by atoms with Crippen molar-refractivity contribution in [2.24, 2.45) is 0 Å². The molecule has 1 aliphatic rings. The monoisotopic (exact) mass is 559 g/mol. The number of nitrogens with one attached hydrogen (secondary N) is 1. The molecule has 0 saturated heterocycles. The van der Waals surface area contributed by atoms with Crippen molar-refractivity contribution in [1.29, 1.82) is 0 Å². The minimum atomic E-state index is 0. The summed E-state index contributed by atoms with van der Waals surface area (Å²) < 4.78 is 4.64. The Morgan fingerprint density at radius 2 is 1.85 bits per heavy atom. The molecule has 0 atom stereocenters. The smallest absolute Gasteiger partial charge is 0 e. The van der Waals surface area contributed by atoms with E-state index in [1.165, 1.54) is 4.46 Å². The summed E-state index contributed by atoms with van der Waals surface area (Å²) in [6.07, 6.45) is 0. The zero-order valence-corrected chi connectivity index (χ0v) is 16.9. The molecule has 1 aromatic carbocycles. The van der Waals surface area contributed by atoms with E-state index in [1.54, 1.807) is 0 Å². The number of hydrogen-bond donors (Lipinski definition) is 1. The van der Waals surface area contributed by atoms with E-state index in [2.05, 4.69) is 10.4 Å². The fourth-order valence-electron chi connectivity index (χ4n) is 0.805. The summed E-state index contributed by atoms with van der Waals surface area (Å²) in [5, 5.41) is 1.33. The van der Waals surface area contributed by atoms with Crippen LogP contribution in [0.15, 0.2) is 12.1 Å². The standard InChI is InChI=1S/C6H3Cl2NSe2.2Sn/c7-3-1-2-4-6(5(3)8)9-11-10-4;;/h1-2,9H;;. The van der Waals surface area contributed by atoms with Gasteiger partial charge in [0.15, 0.2) is 0 Å². The van der Waals surface area contributed by atoms with Gasteiger partial charge in [-0.15, -0.1) is 0 Å². The molecule has 0 spiro atoms. The summed E-state index contributed by atoms with van der Waals surface area (Å²) >= 11 is 12.9. The summed E-state index contributed by atoms with van der Waals surface area (Å²) in [7, 11) is 0. The van der Waals surface area contributed by atoms with Gasteiger partial charge in [-0.05, 0) is 0 Å². The average Bonchev–Trinajstić information content (AvgIpc) is 2.45. The Morgan fingerprint density at radius 1 is 1.15 bits per heavy atom. The topological polar surface area (TPSA) is 12.0 Å². The van der Waals surface area contributed by atoms with E-state index in [4.69, 9.17) is 23.2 Å². The second-order valence-corrected chi connectivity index (χ2v) is 8.47. The van der Waals surface area contributed by atoms with E-state index in [0.717, 1.165) is 5.69 Å². The van der Waals surface area contributed by atoms with Gasteiger partial charge in [0, 0.05) is 47.8 Å². The molecule has 0 bridgehead atoms. The van der Waals surface area contributed by atoms with Crippen molar-refractivity contribution in [2.75, 3.05) is 4.33 Å². The Hall–Kier alpha value is 2.24. The SMILES string of the molecule is Clc1ccc2c(c1Cl)N[Se][Se]2.[Sn].[Sn]. The van der Waals surface area contributed by atoms with E-state index in [0.29, 0.717) is 36.5 Å². The van der Waals surface area contributed by atoms with Crippen LogP contribution in [0.4, 0.5) is 5.69 Å². The Bertz CT molecular complexity index is 311. The molecule has 0 fully saturated rings. The van der Waals surface area contributed by atoms with Crippen LogP contribution in [0.2, 0.25) is 10.0 Å². The molecule has 0 aliphatic carbocycles.